The minimum Gasteiger partial charge on any atom is -0.478 e. The summed E-state index contributed by atoms with van der Waals surface area (Å²) in [6, 6.07) is 24.1. The van der Waals surface area contributed by atoms with E-state index in [-0.39, 0.29) is 10.5 Å². The molecule has 158 valence electrons. The molecule has 0 aliphatic heterocycles. The Balaban J connectivity index is 1.41. The summed E-state index contributed by atoms with van der Waals surface area (Å²) in [4.78, 5) is 18.8. The van der Waals surface area contributed by atoms with Crippen LogP contribution in [0.5, 0.6) is 0 Å². The number of hydrogen-bond acceptors (Lipinski definition) is 4. The topological polar surface area (TPSA) is 112 Å². The summed E-state index contributed by atoms with van der Waals surface area (Å²) in [6.07, 6.45) is 0. The Hall–Kier alpha value is -4.17. The number of benzene rings is 4. The molecule has 5 rings (SSSR count). The number of carbonyl (C=O) groups is 1. The van der Waals surface area contributed by atoms with E-state index in [1.165, 1.54) is 24.3 Å². The van der Waals surface area contributed by atoms with Gasteiger partial charge >= 0.3 is 5.97 Å². The zero-order valence-electron chi connectivity index (χ0n) is 16.6. The van der Waals surface area contributed by atoms with Gasteiger partial charge < -0.3 is 10.1 Å². The minimum absolute atomic E-state index is 0.124. The summed E-state index contributed by atoms with van der Waals surface area (Å²) >= 11 is 0. The molecule has 7 nitrogen and oxygen atoms in total. The van der Waals surface area contributed by atoms with Crippen LogP contribution in [0.15, 0.2) is 89.8 Å². The van der Waals surface area contributed by atoms with Crippen molar-refractivity contribution in [3.63, 3.8) is 0 Å². The Labute approximate surface area is 183 Å². The number of H-pyrrole nitrogens is 1. The predicted molar refractivity (Wildman–Crippen MR) is 123 cm³/mol. The molecule has 1 heterocycles. The first kappa shape index (κ1) is 19.8. The summed E-state index contributed by atoms with van der Waals surface area (Å²) in [5.74, 6) is -0.501. The van der Waals surface area contributed by atoms with Crippen molar-refractivity contribution in [1.29, 1.82) is 0 Å². The first-order valence-corrected chi connectivity index (χ1v) is 11.2. The molecule has 0 saturated carbocycles. The number of carboxylic acid groups (broad SMARTS) is 1. The molecule has 0 radical (unpaired) electrons. The van der Waals surface area contributed by atoms with Gasteiger partial charge in [-0.25, -0.2) is 18.2 Å². The standard InChI is InChI=1S/C24H17N3O4S/c28-24(29)18-8-12-21-22(14-18)26-23(25-21)16-6-10-20(11-7-16)32(30,31)27-19-9-5-15-3-1-2-4-17(15)13-19/h1-14,27H,(H,25,26)(H,28,29). The van der Waals surface area contributed by atoms with Crippen LogP contribution < -0.4 is 4.72 Å². The lowest BCUT2D eigenvalue weighted by molar-refractivity contribution is 0.0697. The van der Waals surface area contributed by atoms with Gasteiger partial charge in [-0.05, 0) is 65.4 Å². The summed E-state index contributed by atoms with van der Waals surface area (Å²) in [5, 5.41) is 11.1. The normalized spacial score (nSPS) is 11.6. The van der Waals surface area contributed by atoms with Crippen LogP contribution in [0, 0.1) is 0 Å². The first-order valence-electron chi connectivity index (χ1n) is 9.74. The Morgan fingerprint density at radius 2 is 1.62 bits per heavy atom. The number of anilines is 1. The Morgan fingerprint density at radius 1 is 0.875 bits per heavy atom. The number of nitrogens with one attached hydrogen (secondary N) is 2. The number of aromatic amines is 1. The number of imidazole rings is 1. The molecule has 0 bridgehead atoms. The number of nitrogens with zero attached hydrogens (tertiary/aromatic N) is 1. The maximum absolute atomic E-state index is 12.8. The van der Waals surface area contributed by atoms with E-state index in [0.717, 1.165) is 10.8 Å². The largest absolute Gasteiger partial charge is 0.478 e. The van der Waals surface area contributed by atoms with E-state index in [9.17, 15) is 13.2 Å². The van der Waals surface area contributed by atoms with E-state index in [2.05, 4.69) is 14.7 Å². The van der Waals surface area contributed by atoms with Crippen molar-refractivity contribution in [1.82, 2.24) is 9.97 Å². The lowest BCUT2D eigenvalue weighted by Gasteiger charge is -2.09. The number of aromatic carboxylic acids is 1. The number of rotatable bonds is 5. The molecule has 5 aromatic rings. The van der Waals surface area contributed by atoms with Crippen molar-refractivity contribution in [3.8, 4) is 11.4 Å². The molecular weight excluding hydrogens is 426 g/mol. The third-order valence-corrected chi connectivity index (χ3v) is 6.57. The van der Waals surface area contributed by atoms with Gasteiger partial charge in [-0.3, -0.25) is 4.72 Å². The summed E-state index contributed by atoms with van der Waals surface area (Å²) in [7, 11) is -3.77. The zero-order chi connectivity index (χ0) is 22.3. The molecule has 1 aromatic heterocycles. The summed E-state index contributed by atoms with van der Waals surface area (Å²) < 4.78 is 28.3. The fourth-order valence-electron chi connectivity index (χ4n) is 3.53. The number of fused-ring (bicyclic) bond motifs is 2. The molecule has 8 heteroatoms. The van der Waals surface area contributed by atoms with Gasteiger partial charge in [-0.2, -0.15) is 0 Å². The lowest BCUT2D eigenvalue weighted by Crippen LogP contribution is -2.12. The highest BCUT2D eigenvalue weighted by molar-refractivity contribution is 7.92. The second-order valence-electron chi connectivity index (χ2n) is 7.31. The Kier molecular flexibility index (Phi) is 4.64. The molecule has 0 unspecified atom stereocenters. The molecule has 0 saturated heterocycles. The molecule has 0 aliphatic carbocycles. The third kappa shape index (κ3) is 3.67. The molecule has 0 amide bonds. The average molecular weight is 443 g/mol. The van der Waals surface area contributed by atoms with Crippen LogP contribution in [0.4, 0.5) is 5.69 Å². The molecule has 4 aromatic carbocycles. The van der Waals surface area contributed by atoms with Crippen LogP contribution in [0.3, 0.4) is 0 Å². The minimum atomic E-state index is -3.77. The fraction of sp³-hybridized carbons (Fsp3) is 0. The van der Waals surface area contributed by atoms with Gasteiger partial charge in [0, 0.05) is 11.3 Å². The molecule has 0 aliphatic rings. The van der Waals surface area contributed by atoms with Gasteiger partial charge in [-0.15, -0.1) is 0 Å². The van der Waals surface area contributed by atoms with E-state index >= 15 is 0 Å². The second-order valence-corrected chi connectivity index (χ2v) is 9.00. The van der Waals surface area contributed by atoms with Crippen molar-refractivity contribution in [2.45, 2.75) is 4.90 Å². The van der Waals surface area contributed by atoms with Gasteiger partial charge in [0.2, 0.25) is 0 Å². The molecule has 0 atom stereocenters. The molecule has 3 N–H and O–H groups in total. The molecule has 0 spiro atoms. The fourth-order valence-corrected chi connectivity index (χ4v) is 4.58. The molecule has 0 fully saturated rings. The van der Waals surface area contributed by atoms with E-state index in [0.29, 0.717) is 28.1 Å². The monoisotopic (exact) mass is 443 g/mol. The first-order chi connectivity index (χ1) is 15.4. The smallest absolute Gasteiger partial charge is 0.335 e. The van der Waals surface area contributed by atoms with Gasteiger partial charge in [0.05, 0.1) is 21.5 Å². The SMILES string of the molecule is O=C(O)c1ccc2[nH]c(-c3ccc(S(=O)(=O)Nc4ccc5ccccc5c4)cc3)nc2c1. The van der Waals surface area contributed by atoms with E-state index < -0.39 is 16.0 Å². The molecular formula is C24H17N3O4S. The third-order valence-electron chi connectivity index (χ3n) is 5.17. The van der Waals surface area contributed by atoms with Crippen molar-refractivity contribution in [2.24, 2.45) is 0 Å². The zero-order valence-corrected chi connectivity index (χ0v) is 17.4. The van der Waals surface area contributed by atoms with Crippen molar-refractivity contribution < 1.29 is 18.3 Å². The van der Waals surface area contributed by atoms with Crippen molar-refractivity contribution >= 4 is 43.5 Å². The van der Waals surface area contributed by atoms with Gasteiger partial charge in [-0.1, -0.05) is 30.3 Å². The predicted octanol–water partition coefficient (Wildman–Crippen LogP) is 4.88. The highest BCUT2D eigenvalue weighted by Crippen LogP contribution is 2.25. The average Bonchev–Trinajstić information content (AvgIpc) is 3.22. The van der Waals surface area contributed by atoms with Crippen molar-refractivity contribution in [2.75, 3.05) is 4.72 Å². The number of sulfonamides is 1. The van der Waals surface area contributed by atoms with E-state index in [1.807, 2.05) is 30.3 Å². The Morgan fingerprint density at radius 3 is 2.38 bits per heavy atom. The van der Waals surface area contributed by atoms with E-state index in [1.54, 1.807) is 30.3 Å². The highest BCUT2D eigenvalue weighted by atomic mass is 32.2. The summed E-state index contributed by atoms with van der Waals surface area (Å²) in [5.41, 5.74) is 2.54. The second kappa shape index (κ2) is 7.51. The van der Waals surface area contributed by atoms with Crippen LogP contribution >= 0.6 is 0 Å². The molecule has 32 heavy (non-hydrogen) atoms. The Bertz CT molecular complexity index is 1590. The van der Waals surface area contributed by atoms with Crippen LogP contribution in [-0.4, -0.2) is 29.5 Å². The van der Waals surface area contributed by atoms with Crippen LogP contribution in [-0.2, 0) is 10.0 Å². The maximum atomic E-state index is 12.8. The number of carboxylic acids is 1. The number of hydrogen-bond donors (Lipinski definition) is 3. The van der Waals surface area contributed by atoms with Gasteiger partial charge in [0.1, 0.15) is 5.82 Å². The lowest BCUT2D eigenvalue weighted by atomic mass is 10.1. The van der Waals surface area contributed by atoms with Gasteiger partial charge in [0.15, 0.2) is 0 Å². The van der Waals surface area contributed by atoms with Crippen LogP contribution in [0.2, 0.25) is 0 Å². The maximum Gasteiger partial charge on any atom is 0.335 e. The van der Waals surface area contributed by atoms with Crippen molar-refractivity contribution in [3.05, 3.63) is 90.5 Å². The van der Waals surface area contributed by atoms with Crippen LogP contribution in [0.1, 0.15) is 10.4 Å². The van der Waals surface area contributed by atoms with Gasteiger partial charge in [0.25, 0.3) is 10.0 Å². The number of aromatic nitrogens is 2. The quantitative estimate of drug-likeness (QED) is 0.358. The van der Waals surface area contributed by atoms with E-state index in [4.69, 9.17) is 5.11 Å². The summed E-state index contributed by atoms with van der Waals surface area (Å²) in [6.45, 7) is 0. The van der Waals surface area contributed by atoms with Crippen LogP contribution in [0.25, 0.3) is 33.2 Å². The highest BCUT2D eigenvalue weighted by Gasteiger charge is 2.15.